The van der Waals surface area contributed by atoms with Crippen molar-refractivity contribution < 1.29 is 0 Å². The largest absolute Gasteiger partial charge is 0.303 e. The lowest BCUT2D eigenvalue weighted by atomic mass is 10.1. The average molecular weight is 328 g/mol. The van der Waals surface area contributed by atoms with Crippen LogP contribution in [-0.2, 0) is 20.1 Å². The van der Waals surface area contributed by atoms with Crippen LogP contribution in [0.2, 0.25) is 0 Å². The number of nitrogens with one attached hydrogen (secondary N) is 1. The Hall–Kier alpha value is -1.79. The molecule has 1 N–H and O–H groups in total. The third-order valence-corrected chi connectivity index (χ3v) is 4.85. The van der Waals surface area contributed by atoms with Crippen LogP contribution in [0.4, 0.5) is 0 Å². The van der Waals surface area contributed by atoms with Crippen molar-refractivity contribution in [2.45, 2.75) is 51.7 Å². The summed E-state index contributed by atoms with van der Waals surface area (Å²) < 4.78 is 1.72. The van der Waals surface area contributed by atoms with Gasteiger partial charge in [0.2, 0.25) is 0 Å². The highest BCUT2D eigenvalue weighted by molar-refractivity contribution is 5.27. The third-order valence-electron chi connectivity index (χ3n) is 4.85. The summed E-state index contributed by atoms with van der Waals surface area (Å²) in [7, 11) is 1.88. The molecule has 1 fully saturated rings. The van der Waals surface area contributed by atoms with E-state index in [1.807, 2.05) is 7.05 Å². The number of aryl methyl sites for hydroxylation is 1. The van der Waals surface area contributed by atoms with E-state index in [1.54, 1.807) is 4.68 Å². The third kappa shape index (κ3) is 4.39. The first kappa shape index (κ1) is 17.0. The molecule has 0 bridgehead atoms. The molecule has 1 aromatic carbocycles. The van der Waals surface area contributed by atoms with Crippen molar-refractivity contribution in [3.05, 3.63) is 41.2 Å². The molecular weight excluding hydrogens is 300 g/mol. The lowest BCUT2D eigenvalue weighted by Crippen LogP contribution is -2.26. The number of hydrogen-bond donors (Lipinski definition) is 1. The Kier molecular flexibility index (Phi) is 5.93. The Bertz CT molecular complexity index is 630. The van der Waals surface area contributed by atoms with Gasteiger partial charge in [0.15, 0.2) is 5.82 Å². The maximum Gasteiger partial charge on any atom is 0.167 e. The Labute approximate surface area is 144 Å². The molecule has 130 valence electrons. The second-order valence-corrected chi connectivity index (χ2v) is 6.72. The molecule has 0 saturated carbocycles. The topological polar surface area (TPSA) is 58.9 Å². The average Bonchev–Trinajstić information content (AvgIpc) is 2.86. The van der Waals surface area contributed by atoms with Crippen molar-refractivity contribution >= 4 is 0 Å². The van der Waals surface area contributed by atoms with Crippen LogP contribution >= 0.6 is 0 Å². The minimum Gasteiger partial charge on any atom is -0.303 e. The van der Waals surface area contributed by atoms with Gasteiger partial charge < -0.3 is 5.32 Å². The molecule has 2 aromatic rings. The van der Waals surface area contributed by atoms with Crippen LogP contribution < -0.4 is 5.32 Å². The number of benzene rings is 1. The highest BCUT2D eigenvalue weighted by Gasteiger charge is 2.14. The van der Waals surface area contributed by atoms with Crippen LogP contribution in [0.25, 0.3) is 0 Å². The van der Waals surface area contributed by atoms with Crippen molar-refractivity contribution in [3.63, 3.8) is 0 Å². The molecule has 1 aromatic heterocycles. The maximum absolute atomic E-state index is 4.09. The van der Waals surface area contributed by atoms with E-state index >= 15 is 0 Å². The molecule has 24 heavy (non-hydrogen) atoms. The van der Waals surface area contributed by atoms with Gasteiger partial charge in [-0.2, -0.15) is 0 Å². The lowest BCUT2D eigenvalue weighted by molar-refractivity contribution is 0.276. The van der Waals surface area contributed by atoms with Crippen molar-refractivity contribution in [2.24, 2.45) is 7.05 Å². The van der Waals surface area contributed by atoms with E-state index in [0.29, 0.717) is 0 Å². The zero-order valence-corrected chi connectivity index (χ0v) is 14.8. The molecule has 3 rings (SSSR count). The first-order chi connectivity index (χ1) is 11.7. The Morgan fingerprint density at radius 1 is 1.08 bits per heavy atom. The summed E-state index contributed by atoms with van der Waals surface area (Å²) in [6, 6.07) is 8.87. The van der Waals surface area contributed by atoms with E-state index < -0.39 is 0 Å². The standard InChI is InChI=1S/C18H28N6/c1-15(18-20-21-22-23(18)2)19-13-16-9-5-6-10-17(16)14-24-11-7-3-4-8-12-24/h5-6,9-10,15,19H,3-4,7-8,11-14H2,1-2H3. The Balaban J connectivity index is 1.62. The molecule has 1 aliphatic rings. The fourth-order valence-corrected chi connectivity index (χ4v) is 3.38. The Morgan fingerprint density at radius 2 is 1.79 bits per heavy atom. The number of hydrogen-bond acceptors (Lipinski definition) is 5. The summed E-state index contributed by atoms with van der Waals surface area (Å²) in [4.78, 5) is 2.60. The van der Waals surface area contributed by atoms with E-state index in [0.717, 1.165) is 18.9 Å². The zero-order chi connectivity index (χ0) is 16.8. The summed E-state index contributed by atoms with van der Waals surface area (Å²) in [5.41, 5.74) is 2.79. The van der Waals surface area contributed by atoms with Crippen molar-refractivity contribution in [2.75, 3.05) is 13.1 Å². The van der Waals surface area contributed by atoms with Crippen LogP contribution in [0.5, 0.6) is 0 Å². The van der Waals surface area contributed by atoms with Gasteiger partial charge >= 0.3 is 0 Å². The highest BCUT2D eigenvalue weighted by atomic mass is 15.5. The molecule has 0 aliphatic carbocycles. The second kappa shape index (κ2) is 8.35. The minimum absolute atomic E-state index is 0.122. The molecule has 1 aliphatic heterocycles. The molecule has 1 saturated heterocycles. The van der Waals surface area contributed by atoms with Gasteiger partial charge in [-0.25, -0.2) is 4.68 Å². The number of tetrazole rings is 1. The second-order valence-electron chi connectivity index (χ2n) is 6.72. The predicted octanol–water partition coefficient (Wildman–Crippen LogP) is 2.44. The van der Waals surface area contributed by atoms with Gasteiger partial charge in [-0.05, 0) is 54.4 Å². The van der Waals surface area contributed by atoms with Crippen molar-refractivity contribution in [1.82, 2.24) is 30.4 Å². The Morgan fingerprint density at radius 3 is 2.46 bits per heavy atom. The van der Waals surface area contributed by atoms with Crippen molar-refractivity contribution in [1.29, 1.82) is 0 Å². The smallest absolute Gasteiger partial charge is 0.167 e. The highest BCUT2D eigenvalue weighted by Crippen LogP contribution is 2.17. The maximum atomic E-state index is 4.09. The fraction of sp³-hybridized carbons (Fsp3) is 0.611. The number of aromatic nitrogens is 4. The quantitative estimate of drug-likeness (QED) is 0.882. The number of likely N-dealkylation sites (tertiary alicyclic amines) is 1. The summed E-state index contributed by atoms with van der Waals surface area (Å²) >= 11 is 0. The van der Waals surface area contributed by atoms with E-state index in [4.69, 9.17) is 0 Å². The van der Waals surface area contributed by atoms with Crippen molar-refractivity contribution in [3.8, 4) is 0 Å². The SMILES string of the molecule is CC(NCc1ccccc1CN1CCCCCC1)c1nnnn1C. The fourth-order valence-electron chi connectivity index (χ4n) is 3.38. The molecule has 1 atom stereocenters. The number of nitrogens with zero attached hydrogens (tertiary/aromatic N) is 5. The monoisotopic (exact) mass is 328 g/mol. The van der Waals surface area contributed by atoms with E-state index in [2.05, 4.69) is 56.9 Å². The van der Waals surface area contributed by atoms with E-state index in [1.165, 1.54) is 49.9 Å². The van der Waals surface area contributed by atoms with Gasteiger partial charge in [0.05, 0.1) is 6.04 Å². The molecule has 0 radical (unpaired) electrons. The van der Waals surface area contributed by atoms with Crippen LogP contribution in [0.15, 0.2) is 24.3 Å². The normalized spacial score (nSPS) is 17.6. The van der Waals surface area contributed by atoms with Gasteiger partial charge in [0, 0.05) is 20.1 Å². The van der Waals surface area contributed by atoms with E-state index in [-0.39, 0.29) is 6.04 Å². The minimum atomic E-state index is 0.122. The van der Waals surface area contributed by atoms with Gasteiger partial charge in [-0.1, -0.05) is 37.1 Å². The molecule has 1 unspecified atom stereocenters. The van der Waals surface area contributed by atoms with Crippen LogP contribution in [-0.4, -0.2) is 38.2 Å². The molecular formula is C18H28N6. The first-order valence-corrected chi connectivity index (χ1v) is 8.99. The van der Waals surface area contributed by atoms with Gasteiger partial charge in [-0.3, -0.25) is 4.90 Å². The van der Waals surface area contributed by atoms with Crippen LogP contribution in [0.3, 0.4) is 0 Å². The summed E-state index contributed by atoms with van der Waals surface area (Å²) in [6.07, 6.45) is 5.42. The van der Waals surface area contributed by atoms with Gasteiger partial charge in [0.1, 0.15) is 0 Å². The molecule has 0 spiro atoms. The van der Waals surface area contributed by atoms with Gasteiger partial charge in [0.25, 0.3) is 0 Å². The molecule has 0 amide bonds. The van der Waals surface area contributed by atoms with Crippen LogP contribution in [0, 0.1) is 0 Å². The molecule has 6 nitrogen and oxygen atoms in total. The summed E-state index contributed by atoms with van der Waals surface area (Å²) in [5.74, 6) is 0.861. The summed E-state index contributed by atoms with van der Waals surface area (Å²) in [6.45, 7) is 6.43. The molecule has 6 heteroatoms. The predicted molar refractivity (Wildman–Crippen MR) is 94.2 cm³/mol. The zero-order valence-electron chi connectivity index (χ0n) is 14.8. The first-order valence-electron chi connectivity index (χ1n) is 8.99. The summed E-state index contributed by atoms with van der Waals surface area (Å²) in [5, 5.41) is 15.3. The van der Waals surface area contributed by atoms with E-state index in [9.17, 15) is 0 Å². The van der Waals surface area contributed by atoms with Gasteiger partial charge in [-0.15, -0.1) is 5.10 Å². The number of rotatable bonds is 6. The molecule has 2 heterocycles. The van der Waals surface area contributed by atoms with Crippen LogP contribution in [0.1, 0.15) is 55.6 Å². The lowest BCUT2D eigenvalue weighted by Gasteiger charge is -2.22.